The second-order valence-corrected chi connectivity index (χ2v) is 7.56. The molecule has 1 aliphatic rings. The van der Waals surface area contributed by atoms with E-state index < -0.39 is 10.0 Å². The Balaban J connectivity index is 2.37. The van der Waals surface area contributed by atoms with Gasteiger partial charge in [0.15, 0.2) is 0 Å². The number of rotatable bonds is 7. The number of aliphatic hydroxyl groups excluding tert-OH is 1. The molecule has 0 aromatic carbocycles. The van der Waals surface area contributed by atoms with Crippen LogP contribution in [0.5, 0.6) is 0 Å². The fourth-order valence-electron chi connectivity index (χ4n) is 2.46. The third kappa shape index (κ3) is 2.92. The summed E-state index contributed by atoms with van der Waals surface area (Å²) in [6.45, 7) is 6.35. The van der Waals surface area contributed by atoms with E-state index in [-0.39, 0.29) is 18.7 Å². The van der Waals surface area contributed by atoms with E-state index >= 15 is 0 Å². The van der Waals surface area contributed by atoms with Crippen molar-refractivity contribution in [3.8, 4) is 0 Å². The van der Waals surface area contributed by atoms with Gasteiger partial charge in [-0.3, -0.25) is 0 Å². The Labute approximate surface area is 121 Å². The van der Waals surface area contributed by atoms with Crippen molar-refractivity contribution in [1.82, 2.24) is 8.87 Å². The molecule has 1 saturated carbocycles. The zero-order valence-corrected chi connectivity index (χ0v) is 13.2. The van der Waals surface area contributed by atoms with Gasteiger partial charge < -0.3 is 9.67 Å². The van der Waals surface area contributed by atoms with E-state index in [0.717, 1.165) is 19.3 Å². The van der Waals surface area contributed by atoms with E-state index in [4.69, 9.17) is 0 Å². The maximum atomic E-state index is 12.7. The van der Waals surface area contributed by atoms with Crippen LogP contribution in [0.2, 0.25) is 0 Å². The van der Waals surface area contributed by atoms with Gasteiger partial charge in [-0.15, -0.1) is 0 Å². The molecular weight excluding hydrogens is 276 g/mol. The molecule has 0 saturated heterocycles. The average molecular weight is 300 g/mol. The van der Waals surface area contributed by atoms with Crippen molar-refractivity contribution in [3.05, 3.63) is 18.0 Å². The normalized spacial score (nSPS) is 16.3. The molecule has 1 fully saturated rings. The second-order valence-electron chi connectivity index (χ2n) is 5.67. The molecule has 20 heavy (non-hydrogen) atoms. The third-order valence-corrected chi connectivity index (χ3v) is 5.55. The highest BCUT2D eigenvalue weighted by molar-refractivity contribution is 7.89. The van der Waals surface area contributed by atoms with Gasteiger partial charge in [-0.1, -0.05) is 6.92 Å². The summed E-state index contributed by atoms with van der Waals surface area (Å²) in [4.78, 5) is 0.301. The Bertz CT molecular complexity index is 559. The van der Waals surface area contributed by atoms with Gasteiger partial charge in [0.05, 0.1) is 6.61 Å². The van der Waals surface area contributed by atoms with E-state index in [9.17, 15) is 13.5 Å². The Morgan fingerprint density at radius 2 is 2.10 bits per heavy atom. The maximum absolute atomic E-state index is 12.7. The average Bonchev–Trinajstić information content (AvgIpc) is 3.11. The molecule has 0 spiro atoms. The molecule has 1 aromatic rings. The summed E-state index contributed by atoms with van der Waals surface area (Å²) in [5.74, 6) is 0. The van der Waals surface area contributed by atoms with Gasteiger partial charge >= 0.3 is 0 Å². The van der Waals surface area contributed by atoms with Crippen LogP contribution >= 0.6 is 0 Å². The highest BCUT2D eigenvalue weighted by atomic mass is 32.2. The van der Waals surface area contributed by atoms with Gasteiger partial charge in [0, 0.05) is 30.5 Å². The Morgan fingerprint density at radius 3 is 2.50 bits per heavy atom. The summed E-state index contributed by atoms with van der Waals surface area (Å²) in [5, 5.41) is 9.38. The lowest BCUT2D eigenvalue weighted by Gasteiger charge is -2.20. The van der Waals surface area contributed by atoms with Gasteiger partial charge in [0.2, 0.25) is 10.0 Å². The largest absolute Gasteiger partial charge is 0.390 e. The van der Waals surface area contributed by atoms with Crippen molar-refractivity contribution in [2.45, 2.75) is 63.6 Å². The predicted molar refractivity (Wildman–Crippen MR) is 77.9 cm³/mol. The van der Waals surface area contributed by atoms with Gasteiger partial charge in [0.1, 0.15) is 4.90 Å². The standard InChI is InChI=1S/C14H24N2O3S/c1-4-7-16(12-5-6-12)20(18,19)14-8-13(10-17)15(9-14)11(2)3/h8-9,11-12,17H,4-7,10H2,1-3H3. The summed E-state index contributed by atoms with van der Waals surface area (Å²) in [6.07, 6.45) is 4.37. The molecule has 0 bridgehead atoms. The number of nitrogens with zero attached hydrogens (tertiary/aromatic N) is 2. The molecule has 1 N–H and O–H groups in total. The van der Waals surface area contributed by atoms with E-state index in [1.165, 1.54) is 0 Å². The van der Waals surface area contributed by atoms with E-state index in [2.05, 4.69) is 0 Å². The minimum Gasteiger partial charge on any atom is -0.390 e. The van der Waals surface area contributed by atoms with Crippen LogP contribution in [0, 0.1) is 0 Å². The Kier molecular flexibility index (Phi) is 4.56. The first-order valence-corrected chi connectivity index (χ1v) is 8.69. The second kappa shape index (κ2) is 5.87. The van der Waals surface area contributed by atoms with Gasteiger partial charge in [-0.05, 0) is 39.2 Å². The van der Waals surface area contributed by atoms with Crippen LogP contribution in [-0.2, 0) is 16.6 Å². The van der Waals surface area contributed by atoms with Crippen molar-refractivity contribution in [2.75, 3.05) is 6.54 Å². The first-order valence-electron chi connectivity index (χ1n) is 7.25. The molecule has 1 heterocycles. The van der Waals surface area contributed by atoms with E-state index in [0.29, 0.717) is 17.1 Å². The van der Waals surface area contributed by atoms with Crippen molar-refractivity contribution >= 4 is 10.0 Å². The number of aromatic nitrogens is 1. The highest BCUT2D eigenvalue weighted by Gasteiger charge is 2.38. The van der Waals surface area contributed by atoms with Crippen LogP contribution in [0.1, 0.15) is 51.8 Å². The monoisotopic (exact) mass is 300 g/mol. The molecule has 1 aliphatic carbocycles. The molecule has 5 nitrogen and oxygen atoms in total. The number of hydrogen-bond donors (Lipinski definition) is 1. The molecule has 6 heteroatoms. The predicted octanol–water partition coefficient (Wildman–Crippen LogP) is 2.12. The fraction of sp³-hybridized carbons (Fsp3) is 0.714. The smallest absolute Gasteiger partial charge is 0.244 e. The summed E-state index contributed by atoms with van der Waals surface area (Å²) in [5.41, 5.74) is 0.644. The van der Waals surface area contributed by atoms with Gasteiger partial charge in [0.25, 0.3) is 0 Å². The lowest BCUT2D eigenvalue weighted by molar-refractivity contribution is 0.268. The molecule has 0 atom stereocenters. The summed E-state index contributed by atoms with van der Waals surface area (Å²) < 4.78 is 28.9. The molecule has 114 valence electrons. The SMILES string of the molecule is CCCN(C1CC1)S(=O)(=O)c1cc(CO)n(C(C)C)c1. The number of aliphatic hydroxyl groups is 1. The lowest BCUT2D eigenvalue weighted by atomic mass is 10.3. The minimum absolute atomic E-state index is 0.127. The molecule has 0 radical (unpaired) electrons. The van der Waals surface area contributed by atoms with Gasteiger partial charge in [-0.25, -0.2) is 8.42 Å². The van der Waals surface area contributed by atoms with Crippen LogP contribution in [0.4, 0.5) is 0 Å². The third-order valence-electron chi connectivity index (χ3n) is 3.63. The van der Waals surface area contributed by atoms with Crippen molar-refractivity contribution in [3.63, 3.8) is 0 Å². The van der Waals surface area contributed by atoms with Crippen molar-refractivity contribution in [2.24, 2.45) is 0 Å². The molecular formula is C14H24N2O3S. The van der Waals surface area contributed by atoms with Crippen molar-refractivity contribution in [1.29, 1.82) is 0 Å². The topological polar surface area (TPSA) is 62.5 Å². The zero-order valence-electron chi connectivity index (χ0n) is 12.4. The van der Waals surface area contributed by atoms with Crippen LogP contribution in [0.3, 0.4) is 0 Å². The lowest BCUT2D eigenvalue weighted by Crippen LogP contribution is -2.33. The first kappa shape index (κ1) is 15.5. The van der Waals surface area contributed by atoms with Crippen LogP contribution in [0.15, 0.2) is 17.2 Å². The number of sulfonamides is 1. The Hall–Kier alpha value is -0.850. The molecule has 0 aliphatic heterocycles. The molecule has 0 amide bonds. The van der Waals surface area contributed by atoms with Crippen LogP contribution in [-0.4, -0.2) is 35.0 Å². The molecule has 1 aromatic heterocycles. The molecule has 0 unspecified atom stereocenters. The quantitative estimate of drug-likeness (QED) is 0.839. The summed E-state index contributed by atoms with van der Waals surface area (Å²) in [6, 6.07) is 1.89. The zero-order chi connectivity index (χ0) is 14.9. The molecule has 2 rings (SSSR count). The van der Waals surface area contributed by atoms with E-state index in [1.807, 2.05) is 25.3 Å². The highest BCUT2D eigenvalue weighted by Crippen LogP contribution is 2.33. The Morgan fingerprint density at radius 1 is 1.45 bits per heavy atom. The minimum atomic E-state index is -3.44. The fourth-order valence-corrected chi connectivity index (χ4v) is 4.29. The maximum Gasteiger partial charge on any atom is 0.244 e. The van der Waals surface area contributed by atoms with E-state index in [1.54, 1.807) is 16.6 Å². The van der Waals surface area contributed by atoms with Crippen LogP contribution < -0.4 is 0 Å². The number of hydrogen-bond acceptors (Lipinski definition) is 3. The summed E-state index contributed by atoms with van der Waals surface area (Å²) >= 11 is 0. The first-order chi connectivity index (χ1) is 9.41. The van der Waals surface area contributed by atoms with Gasteiger partial charge in [-0.2, -0.15) is 4.31 Å². The van der Waals surface area contributed by atoms with Crippen molar-refractivity contribution < 1.29 is 13.5 Å². The summed E-state index contributed by atoms with van der Waals surface area (Å²) in [7, 11) is -3.44. The van der Waals surface area contributed by atoms with Crippen LogP contribution in [0.25, 0.3) is 0 Å².